The summed E-state index contributed by atoms with van der Waals surface area (Å²) in [5, 5.41) is 13.1. The van der Waals surface area contributed by atoms with Gasteiger partial charge in [-0.25, -0.2) is 0 Å². The van der Waals surface area contributed by atoms with Crippen LogP contribution in [0.1, 0.15) is 36.0 Å². The minimum atomic E-state index is 0.464. The molecule has 0 radical (unpaired) electrons. The van der Waals surface area contributed by atoms with Crippen LogP contribution >= 0.6 is 0 Å². The van der Waals surface area contributed by atoms with Gasteiger partial charge in [0, 0.05) is 17.6 Å². The Balaban J connectivity index is 1.66. The predicted octanol–water partition coefficient (Wildman–Crippen LogP) is 4.04. The molecule has 2 atom stereocenters. The van der Waals surface area contributed by atoms with Crippen LogP contribution in [0.5, 0.6) is 5.75 Å². The van der Waals surface area contributed by atoms with Gasteiger partial charge in [-0.3, -0.25) is 0 Å². The van der Waals surface area contributed by atoms with E-state index in [1.807, 2.05) is 42.5 Å². The molecule has 2 bridgehead atoms. The number of benzene rings is 2. The van der Waals surface area contributed by atoms with E-state index in [0.29, 0.717) is 24.3 Å². The van der Waals surface area contributed by atoms with E-state index in [4.69, 9.17) is 4.74 Å². The number of nitriles is 1. The maximum Gasteiger partial charge on any atom is 0.145 e. The van der Waals surface area contributed by atoms with E-state index in [1.54, 1.807) is 0 Å². The summed E-state index contributed by atoms with van der Waals surface area (Å²) in [6, 6.07) is 19.3. The van der Waals surface area contributed by atoms with Crippen LogP contribution in [0.15, 0.2) is 54.6 Å². The van der Waals surface area contributed by atoms with Gasteiger partial charge in [-0.05, 0) is 36.5 Å². The highest BCUT2D eigenvalue weighted by atomic mass is 16.5. The number of ether oxygens (including phenoxy) is 1. The van der Waals surface area contributed by atoms with Crippen molar-refractivity contribution in [1.29, 1.82) is 5.26 Å². The summed E-state index contributed by atoms with van der Waals surface area (Å²) < 4.78 is 6.11. The molecule has 2 aromatic carbocycles. The standard InChI is InChI=1S/C21H20N2O/c22-13-16-7-4-8-20(17-11-18-9-10-19(12-17)23-18)21(16)24-14-15-5-2-1-3-6-15/h1-8,11,18-19,23H,9-10,12,14H2/t18-,19+/m0/s1. The summed E-state index contributed by atoms with van der Waals surface area (Å²) in [5.74, 6) is 0.719. The molecule has 0 amide bonds. The molecular formula is C21H20N2O. The van der Waals surface area contributed by atoms with Crippen LogP contribution in [0.4, 0.5) is 0 Å². The maximum atomic E-state index is 9.49. The van der Waals surface area contributed by atoms with E-state index in [2.05, 4.69) is 23.5 Å². The molecule has 120 valence electrons. The summed E-state index contributed by atoms with van der Waals surface area (Å²) in [4.78, 5) is 0. The highest BCUT2D eigenvalue weighted by molar-refractivity contribution is 5.75. The van der Waals surface area contributed by atoms with Crippen molar-refractivity contribution in [3.8, 4) is 11.8 Å². The van der Waals surface area contributed by atoms with Crippen molar-refractivity contribution in [2.75, 3.05) is 0 Å². The molecule has 1 saturated heterocycles. The lowest BCUT2D eigenvalue weighted by Crippen LogP contribution is -2.32. The first-order valence-corrected chi connectivity index (χ1v) is 8.50. The van der Waals surface area contributed by atoms with Crippen LogP contribution in [0, 0.1) is 11.3 Å². The molecule has 2 heterocycles. The molecule has 2 aromatic rings. The molecule has 3 heteroatoms. The predicted molar refractivity (Wildman–Crippen MR) is 94.5 cm³/mol. The second kappa shape index (κ2) is 6.51. The number of rotatable bonds is 4. The highest BCUT2D eigenvalue weighted by Gasteiger charge is 2.29. The second-order valence-electron chi connectivity index (χ2n) is 6.51. The lowest BCUT2D eigenvalue weighted by molar-refractivity contribution is 0.304. The Bertz CT molecular complexity index is 804. The van der Waals surface area contributed by atoms with Gasteiger partial charge in [0.1, 0.15) is 18.4 Å². The van der Waals surface area contributed by atoms with Crippen molar-refractivity contribution >= 4 is 5.57 Å². The zero-order valence-corrected chi connectivity index (χ0v) is 13.5. The average Bonchev–Trinajstić information content (AvgIpc) is 2.98. The summed E-state index contributed by atoms with van der Waals surface area (Å²) >= 11 is 0. The van der Waals surface area contributed by atoms with Crippen LogP contribution in [-0.4, -0.2) is 12.1 Å². The monoisotopic (exact) mass is 316 g/mol. The van der Waals surface area contributed by atoms with Crippen LogP contribution in [0.3, 0.4) is 0 Å². The molecule has 2 aliphatic rings. The fourth-order valence-electron chi connectivity index (χ4n) is 3.68. The number of fused-ring (bicyclic) bond motifs is 2. The largest absolute Gasteiger partial charge is 0.487 e. The normalized spacial score (nSPS) is 21.9. The Morgan fingerprint density at radius 2 is 1.96 bits per heavy atom. The lowest BCUT2D eigenvalue weighted by atomic mass is 9.94. The Labute approximate surface area is 142 Å². The zero-order valence-electron chi connectivity index (χ0n) is 13.5. The molecule has 1 N–H and O–H groups in total. The molecular weight excluding hydrogens is 296 g/mol. The Morgan fingerprint density at radius 1 is 1.08 bits per heavy atom. The molecule has 0 saturated carbocycles. The van der Waals surface area contributed by atoms with Crippen LogP contribution in [0.25, 0.3) is 5.57 Å². The fourth-order valence-corrected chi connectivity index (χ4v) is 3.68. The fraction of sp³-hybridized carbons (Fsp3) is 0.286. The van der Waals surface area contributed by atoms with Crippen molar-refractivity contribution in [2.24, 2.45) is 0 Å². The minimum absolute atomic E-state index is 0.464. The van der Waals surface area contributed by atoms with Gasteiger partial charge in [0.15, 0.2) is 0 Å². The summed E-state index contributed by atoms with van der Waals surface area (Å²) in [5.41, 5.74) is 4.09. The van der Waals surface area contributed by atoms with E-state index in [-0.39, 0.29) is 0 Å². The molecule has 0 aliphatic carbocycles. The number of nitrogens with zero attached hydrogens (tertiary/aromatic N) is 1. The van der Waals surface area contributed by atoms with Gasteiger partial charge in [-0.15, -0.1) is 0 Å². The third-order valence-electron chi connectivity index (χ3n) is 4.85. The van der Waals surface area contributed by atoms with Crippen LogP contribution in [0.2, 0.25) is 0 Å². The first kappa shape index (κ1) is 15.0. The molecule has 1 fully saturated rings. The van der Waals surface area contributed by atoms with E-state index in [1.165, 1.54) is 18.4 Å². The first-order valence-electron chi connectivity index (χ1n) is 8.50. The molecule has 0 aromatic heterocycles. The summed E-state index contributed by atoms with van der Waals surface area (Å²) in [6.07, 6.45) is 5.75. The topological polar surface area (TPSA) is 45.0 Å². The third-order valence-corrected chi connectivity index (χ3v) is 4.85. The molecule has 0 spiro atoms. The smallest absolute Gasteiger partial charge is 0.145 e. The number of para-hydroxylation sites is 1. The molecule has 2 aliphatic heterocycles. The second-order valence-corrected chi connectivity index (χ2v) is 6.51. The zero-order chi connectivity index (χ0) is 16.4. The number of nitrogens with one attached hydrogen (secondary N) is 1. The van der Waals surface area contributed by atoms with Crippen LogP contribution < -0.4 is 10.1 Å². The Morgan fingerprint density at radius 3 is 2.75 bits per heavy atom. The Kier molecular flexibility index (Phi) is 4.06. The molecule has 24 heavy (non-hydrogen) atoms. The minimum Gasteiger partial charge on any atom is -0.487 e. The van der Waals surface area contributed by atoms with E-state index in [0.717, 1.165) is 23.3 Å². The van der Waals surface area contributed by atoms with Gasteiger partial charge in [0.05, 0.1) is 5.56 Å². The van der Waals surface area contributed by atoms with Crippen molar-refractivity contribution < 1.29 is 4.74 Å². The molecule has 3 nitrogen and oxygen atoms in total. The van der Waals surface area contributed by atoms with Crippen LogP contribution in [-0.2, 0) is 6.61 Å². The van der Waals surface area contributed by atoms with Gasteiger partial charge in [-0.1, -0.05) is 48.5 Å². The van der Waals surface area contributed by atoms with E-state index < -0.39 is 0 Å². The van der Waals surface area contributed by atoms with Gasteiger partial charge in [0.25, 0.3) is 0 Å². The quantitative estimate of drug-likeness (QED) is 0.925. The lowest BCUT2D eigenvalue weighted by Gasteiger charge is -2.23. The van der Waals surface area contributed by atoms with E-state index >= 15 is 0 Å². The molecule has 0 unspecified atom stereocenters. The number of hydrogen-bond donors (Lipinski definition) is 1. The Hall–Kier alpha value is -2.57. The van der Waals surface area contributed by atoms with Gasteiger partial charge in [0.2, 0.25) is 0 Å². The SMILES string of the molecule is N#Cc1cccc(C2=C[C@@H]3CC[C@H](C2)N3)c1OCc1ccccc1. The average molecular weight is 316 g/mol. The van der Waals surface area contributed by atoms with Crippen molar-refractivity contribution in [1.82, 2.24) is 5.32 Å². The van der Waals surface area contributed by atoms with Crippen molar-refractivity contribution in [3.63, 3.8) is 0 Å². The first-order chi connectivity index (χ1) is 11.8. The third kappa shape index (κ3) is 2.93. The summed E-state index contributed by atoms with van der Waals surface area (Å²) in [6.45, 7) is 0.477. The highest BCUT2D eigenvalue weighted by Crippen LogP contribution is 2.37. The van der Waals surface area contributed by atoms with E-state index in [9.17, 15) is 5.26 Å². The van der Waals surface area contributed by atoms with Gasteiger partial charge in [-0.2, -0.15) is 5.26 Å². The van der Waals surface area contributed by atoms with Crippen molar-refractivity contribution in [3.05, 3.63) is 71.3 Å². The van der Waals surface area contributed by atoms with Gasteiger partial charge < -0.3 is 10.1 Å². The number of hydrogen-bond acceptors (Lipinski definition) is 3. The maximum absolute atomic E-state index is 9.49. The summed E-state index contributed by atoms with van der Waals surface area (Å²) in [7, 11) is 0. The molecule has 4 rings (SSSR count). The van der Waals surface area contributed by atoms with Gasteiger partial charge >= 0.3 is 0 Å². The van der Waals surface area contributed by atoms with Crippen molar-refractivity contribution in [2.45, 2.75) is 38.0 Å².